The number of aromatic nitrogens is 1. The number of rotatable bonds is 9. The Kier molecular flexibility index (Phi) is 9.29. The smallest absolute Gasteiger partial charge is 0.217 e. The molecule has 1 aromatic heterocycles. The third kappa shape index (κ3) is 6.98. The zero-order valence-electron chi connectivity index (χ0n) is 22.7. The number of nitrogens with zero attached hydrogens (tertiary/aromatic N) is 1. The summed E-state index contributed by atoms with van der Waals surface area (Å²) in [5, 5.41) is 13.3. The van der Waals surface area contributed by atoms with Gasteiger partial charge in [-0.25, -0.2) is 4.98 Å². The van der Waals surface area contributed by atoms with Gasteiger partial charge in [-0.15, -0.1) is 11.8 Å². The van der Waals surface area contributed by atoms with Gasteiger partial charge in [0.05, 0.1) is 23.8 Å². The molecule has 0 radical (unpaired) electrons. The van der Waals surface area contributed by atoms with Crippen LogP contribution in [0.15, 0.2) is 102 Å². The van der Waals surface area contributed by atoms with Gasteiger partial charge in [-0.1, -0.05) is 73.7 Å². The minimum Gasteiger partial charge on any atom is -0.392 e. The second-order valence-electron chi connectivity index (χ2n) is 10.0. The van der Waals surface area contributed by atoms with E-state index >= 15 is 0 Å². The highest BCUT2D eigenvalue weighted by Gasteiger charge is 2.38. The van der Waals surface area contributed by atoms with Crippen molar-refractivity contribution in [3.63, 3.8) is 0 Å². The molecule has 0 saturated carbocycles. The molecule has 2 N–H and O–H groups in total. The molecule has 4 atom stereocenters. The Morgan fingerprint density at radius 1 is 0.900 bits per heavy atom. The molecule has 40 heavy (non-hydrogen) atoms. The molecule has 3 aromatic carbocycles. The Labute approximate surface area is 239 Å². The van der Waals surface area contributed by atoms with Crippen LogP contribution in [0.4, 0.5) is 0 Å². The van der Waals surface area contributed by atoms with Crippen molar-refractivity contribution >= 4 is 17.7 Å². The van der Waals surface area contributed by atoms with E-state index in [-0.39, 0.29) is 30.6 Å². The number of benzene rings is 3. The van der Waals surface area contributed by atoms with Crippen molar-refractivity contribution in [2.24, 2.45) is 5.92 Å². The quantitative estimate of drug-likeness (QED) is 0.231. The highest BCUT2D eigenvalue weighted by atomic mass is 32.2. The van der Waals surface area contributed by atoms with Crippen LogP contribution in [0, 0.1) is 5.92 Å². The van der Waals surface area contributed by atoms with E-state index in [2.05, 4.69) is 41.5 Å². The van der Waals surface area contributed by atoms with Crippen LogP contribution >= 0.6 is 11.8 Å². The first-order valence-corrected chi connectivity index (χ1v) is 14.5. The lowest BCUT2D eigenvalue weighted by Crippen LogP contribution is -2.38. The number of ether oxygens (including phenoxy) is 2. The Morgan fingerprint density at radius 2 is 1.68 bits per heavy atom. The van der Waals surface area contributed by atoms with E-state index in [0.717, 1.165) is 44.2 Å². The van der Waals surface area contributed by atoms with Gasteiger partial charge in [-0.05, 0) is 52.1 Å². The predicted octanol–water partition coefficient (Wildman–Crippen LogP) is 6.46. The monoisotopic (exact) mass is 554 g/mol. The molecule has 1 aliphatic rings. The maximum Gasteiger partial charge on any atom is 0.217 e. The fourth-order valence-corrected chi connectivity index (χ4v) is 5.89. The molecule has 0 unspecified atom stereocenters. The fourth-order valence-electron chi connectivity index (χ4n) is 4.86. The zero-order valence-corrected chi connectivity index (χ0v) is 23.5. The Hall–Kier alpha value is -3.49. The minimum atomic E-state index is -0.546. The van der Waals surface area contributed by atoms with E-state index in [0.29, 0.717) is 6.54 Å². The van der Waals surface area contributed by atoms with Gasteiger partial charge < -0.3 is 19.9 Å². The van der Waals surface area contributed by atoms with Crippen molar-refractivity contribution in [2.75, 3.05) is 5.75 Å². The molecular weight excluding hydrogens is 520 g/mol. The summed E-state index contributed by atoms with van der Waals surface area (Å²) >= 11 is 1.68. The predicted molar refractivity (Wildman–Crippen MR) is 157 cm³/mol. The Balaban J connectivity index is 1.41. The summed E-state index contributed by atoms with van der Waals surface area (Å²) in [5.41, 5.74) is 6.03. The van der Waals surface area contributed by atoms with Crippen molar-refractivity contribution in [3.05, 3.63) is 119 Å². The van der Waals surface area contributed by atoms with Crippen LogP contribution in [0.3, 0.4) is 0 Å². The van der Waals surface area contributed by atoms with Crippen molar-refractivity contribution in [2.45, 2.75) is 50.5 Å². The van der Waals surface area contributed by atoms with Crippen molar-refractivity contribution < 1.29 is 19.4 Å². The number of hydrogen-bond acceptors (Lipinski definition) is 6. The van der Waals surface area contributed by atoms with Gasteiger partial charge in [0.15, 0.2) is 6.29 Å². The average molecular weight is 555 g/mol. The Bertz CT molecular complexity index is 1410. The van der Waals surface area contributed by atoms with Gasteiger partial charge in [0, 0.05) is 36.9 Å². The van der Waals surface area contributed by atoms with E-state index in [1.165, 1.54) is 6.92 Å². The number of thioether (sulfide) groups is 1. The van der Waals surface area contributed by atoms with Gasteiger partial charge in [0.1, 0.15) is 0 Å². The van der Waals surface area contributed by atoms with Gasteiger partial charge >= 0.3 is 0 Å². The van der Waals surface area contributed by atoms with E-state index in [1.807, 2.05) is 72.9 Å². The van der Waals surface area contributed by atoms with Crippen LogP contribution in [0.2, 0.25) is 0 Å². The van der Waals surface area contributed by atoms with Crippen LogP contribution in [0.1, 0.15) is 48.5 Å². The molecule has 6 nitrogen and oxygen atoms in total. The van der Waals surface area contributed by atoms with Crippen LogP contribution in [-0.2, 0) is 27.4 Å². The summed E-state index contributed by atoms with van der Waals surface area (Å²) in [6, 6.07) is 30.3. The van der Waals surface area contributed by atoms with Gasteiger partial charge in [-0.2, -0.15) is 0 Å². The van der Waals surface area contributed by atoms with Crippen molar-refractivity contribution in [3.8, 4) is 11.1 Å². The first-order chi connectivity index (χ1) is 19.5. The van der Waals surface area contributed by atoms with E-state index in [9.17, 15) is 9.90 Å². The topological polar surface area (TPSA) is 80.7 Å². The minimum absolute atomic E-state index is 0.00917. The maximum atomic E-state index is 11.4. The lowest BCUT2D eigenvalue weighted by molar-refractivity contribution is -0.268. The average Bonchev–Trinajstić information content (AvgIpc) is 3.00. The Morgan fingerprint density at radius 3 is 2.40 bits per heavy atom. The number of amides is 1. The summed E-state index contributed by atoms with van der Waals surface area (Å²) in [6.07, 6.45) is 1.01. The molecular formula is C33H34N2O4S. The molecule has 0 aliphatic carbocycles. The largest absolute Gasteiger partial charge is 0.392 e. The molecule has 2 heterocycles. The summed E-state index contributed by atoms with van der Waals surface area (Å²) in [7, 11) is 0. The number of nitrogens with one attached hydrogen (secondary N) is 1. The van der Waals surface area contributed by atoms with E-state index in [1.54, 1.807) is 11.8 Å². The fraction of sp³-hybridized carbons (Fsp3) is 0.273. The van der Waals surface area contributed by atoms with E-state index in [4.69, 9.17) is 9.47 Å². The molecule has 0 spiro atoms. The molecule has 1 amide bonds. The SMILES string of the molecule is CC(=O)NCc1cccc(-c2cccc([C@H]3O[C@@H](CSc4ccccn4)[C@@H](C)[C@@H](c4ccc(CO)cc4)O3)c2)c1. The number of aliphatic hydroxyl groups is 1. The lowest BCUT2D eigenvalue weighted by atomic mass is 9.91. The third-order valence-electron chi connectivity index (χ3n) is 7.12. The molecule has 1 fully saturated rings. The summed E-state index contributed by atoms with van der Waals surface area (Å²) in [5.74, 6) is 0.791. The molecule has 1 saturated heterocycles. The van der Waals surface area contributed by atoms with Crippen molar-refractivity contribution in [1.82, 2.24) is 10.3 Å². The third-order valence-corrected chi connectivity index (χ3v) is 8.15. The highest BCUT2D eigenvalue weighted by Crippen LogP contribution is 2.43. The van der Waals surface area contributed by atoms with Crippen LogP contribution < -0.4 is 5.32 Å². The number of aliphatic hydroxyl groups excluding tert-OH is 1. The summed E-state index contributed by atoms with van der Waals surface area (Å²) in [4.78, 5) is 15.8. The second kappa shape index (κ2) is 13.2. The summed E-state index contributed by atoms with van der Waals surface area (Å²) < 4.78 is 13.3. The number of carbonyl (C=O) groups is 1. The number of hydrogen-bond donors (Lipinski definition) is 2. The second-order valence-corrected chi connectivity index (χ2v) is 11.1. The maximum absolute atomic E-state index is 11.4. The number of pyridine rings is 1. The van der Waals surface area contributed by atoms with Crippen LogP contribution in [0.25, 0.3) is 11.1 Å². The van der Waals surface area contributed by atoms with Crippen molar-refractivity contribution in [1.29, 1.82) is 0 Å². The zero-order chi connectivity index (χ0) is 27.9. The summed E-state index contributed by atoms with van der Waals surface area (Å²) in [6.45, 7) is 4.19. The molecule has 206 valence electrons. The van der Waals surface area contributed by atoms with Crippen LogP contribution in [0.5, 0.6) is 0 Å². The first kappa shape index (κ1) is 28.1. The van der Waals surface area contributed by atoms with Crippen LogP contribution in [-0.4, -0.2) is 27.9 Å². The molecule has 5 rings (SSSR count). The van der Waals surface area contributed by atoms with Gasteiger partial charge in [-0.3, -0.25) is 4.79 Å². The molecule has 0 bridgehead atoms. The standard InChI is InChI=1S/C33H34N2O4S/c1-22-30(21-40-31-11-3-4-16-34-31)38-33(39-32(22)26-14-12-24(20-36)13-15-26)29-10-6-9-28(18-29)27-8-5-7-25(17-27)19-35-23(2)37/h3-18,22,30,32-33,36H,19-21H2,1-2H3,(H,35,37)/t22-,30+,32+,33+/m1/s1. The molecule has 1 aliphatic heterocycles. The molecule has 7 heteroatoms. The lowest BCUT2D eigenvalue weighted by Gasteiger charge is -2.41. The first-order valence-electron chi connectivity index (χ1n) is 13.5. The van der Waals surface area contributed by atoms with E-state index < -0.39 is 6.29 Å². The number of carbonyl (C=O) groups excluding carboxylic acids is 1. The van der Waals surface area contributed by atoms with Gasteiger partial charge in [0.2, 0.25) is 5.91 Å². The van der Waals surface area contributed by atoms with Gasteiger partial charge in [0.25, 0.3) is 0 Å². The normalized spacial score (nSPS) is 20.7. The molecule has 4 aromatic rings. The highest BCUT2D eigenvalue weighted by molar-refractivity contribution is 7.99.